The monoisotopic (exact) mass is 784 g/mol. The van der Waals surface area contributed by atoms with Gasteiger partial charge >= 0.3 is 5.97 Å². The standard InChI is InChI=1S/C38H72O16/c1-3-5-7-9-11-12-13-14-15-17-18-20-27(39)49-22-25(52-28(40)21-19-16-10-8-6-4-2)23-50-37-33(45)30(42)29(41)26(53-37)24-51-38-34(46)31(43)32(44)35(54-38)36(47)48/h25-26,28-38,40-48H,3-24H2,1-2H3/t25-,26-,28+,29+,30+,31+,32-,33-,34-,35+,37-,38+/m1/s1. The Balaban J connectivity index is 1.89. The van der Waals surface area contributed by atoms with Gasteiger partial charge in [0.2, 0.25) is 0 Å². The molecule has 2 rings (SSSR count). The Morgan fingerprint density at radius 1 is 0.574 bits per heavy atom. The fourth-order valence-corrected chi connectivity index (χ4v) is 6.55. The van der Waals surface area contributed by atoms with Crippen LogP contribution in [0.1, 0.15) is 136 Å². The minimum atomic E-state index is -2.22. The SMILES string of the molecule is CCCCCCCCCCCCCC(=O)OC[C@H](CO[C@@H]1O[C@H](CO[C@H]2O[C@H](C(O)O)[C@H](O)[C@H](O)[C@H]2O)[C@H](O)[C@H](O)[C@H]1O)O[C@H](O)CCCCCCCC. The lowest BCUT2D eigenvalue weighted by Crippen LogP contribution is -2.63. The molecule has 2 fully saturated rings. The Morgan fingerprint density at radius 3 is 1.63 bits per heavy atom. The third-order valence-electron chi connectivity index (χ3n) is 10.0. The molecule has 2 saturated heterocycles. The molecule has 0 unspecified atom stereocenters. The number of carbonyl (C=O) groups is 1. The Labute approximate surface area is 320 Å². The first-order valence-electron chi connectivity index (χ1n) is 20.4. The van der Waals surface area contributed by atoms with E-state index < -0.39 is 92.7 Å². The van der Waals surface area contributed by atoms with Gasteiger partial charge in [0, 0.05) is 6.42 Å². The molecule has 0 radical (unpaired) electrons. The topological polar surface area (TPSA) is 255 Å². The Kier molecular flexibility index (Phi) is 25.7. The van der Waals surface area contributed by atoms with Crippen LogP contribution >= 0.6 is 0 Å². The number of aliphatic hydroxyl groups is 9. The summed E-state index contributed by atoms with van der Waals surface area (Å²) in [6.07, 6.45) is -2.21. The Morgan fingerprint density at radius 2 is 1.07 bits per heavy atom. The maximum absolute atomic E-state index is 12.6. The van der Waals surface area contributed by atoms with E-state index >= 15 is 0 Å². The summed E-state index contributed by atoms with van der Waals surface area (Å²) >= 11 is 0. The second-order valence-electron chi connectivity index (χ2n) is 14.8. The number of hydrogen-bond acceptors (Lipinski definition) is 16. The fraction of sp³-hybridized carbons (Fsp3) is 0.974. The third-order valence-corrected chi connectivity index (χ3v) is 10.0. The number of hydrogen-bond donors (Lipinski definition) is 9. The van der Waals surface area contributed by atoms with Crippen LogP contribution in [0, 0.1) is 0 Å². The summed E-state index contributed by atoms with van der Waals surface area (Å²) < 4.78 is 33.2. The molecule has 0 aromatic heterocycles. The number of esters is 1. The zero-order chi connectivity index (χ0) is 39.9. The van der Waals surface area contributed by atoms with Gasteiger partial charge in [-0.05, 0) is 19.3 Å². The molecule has 0 amide bonds. The highest BCUT2D eigenvalue weighted by Crippen LogP contribution is 2.27. The minimum Gasteiger partial charge on any atom is -0.463 e. The summed E-state index contributed by atoms with van der Waals surface area (Å²) in [6.45, 7) is 3.15. The van der Waals surface area contributed by atoms with E-state index in [0.717, 1.165) is 57.8 Å². The molecule has 2 aliphatic heterocycles. The van der Waals surface area contributed by atoms with Gasteiger partial charge < -0.3 is 74.4 Å². The zero-order valence-electron chi connectivity index (χ0n) is 32.4. The molecule has 54 heavy (non-hydrogen) atoms. The summed E-state index contributed by atoms with van der Waals surface area (Å²) in [4.78, 5) is 12.6. The second-order valence-corrected chi connectivity index (χ2v) is 14.8. The van der Waals surface area contributed by atoms with Crippen molar-refractivity contribution in [2.24, 2.45) is 0 Å². The molecular formula is C38H72O16. The Bertz CT molecular complexity index is 945. The molecule has 0 aromatic carbocycles. The summed E-state index contributed by atoms with van der Waals surface area (Å²) in [6, 6.07) is 0. The number of unbranched alkanes of at least 4 members (excludes halogenated alkanes) is 15. The first-order valence-corrected chi connectivity index (χ1v) is 20.4. The molecule has 320 valence electrons. The fourth-order valence-electron chi connectivity index (χ4n) is 6.55. The quantitative estimate of drug-likeness (QED) is 0.0285. The van der Waals surface area contributed by atoms with E-state index in [9.17, 15) is 50.8 Å². The van der Waals surface area contributed by atoms with Gasteiger partial charge in [-0.25, -0.2) is 0 Å². The van der Waals surface area contributed by atoms with Gasteiger partial charge in [0.1, 0.15) is 61.5 Å². The molecule has 9 N–H and O–H groups in total. The summed E-state index contributed by atoms with van der Waals surface area (Å²) in [5.41, 5.74) is 0. The van der Waals surface area contributed by atoms with Crippen LogP contribution in [0.4, 0.5) is 0 Å². The van der Waals surface area contributed by atoms with E-state index in [1.165, 1.54) is 44.9 Å². The van der Waals surface area contributed by atoms with Crippen LogP contribution in [0.25, 0.3) is 0 Å². The first kappa shape index (κ1) is 49.1. The second kappa shape index (κ2) is 28.3. The molecule has 2 heterocycles. The molecule has 0 bridgehead atoms. The lowest BCUT2D eigenvalue weighted by Gasteiger charge is -2.43. The average Bonchev–Trinajstić information content (AvgIpc) is 3.15. The van der Waals surface area contributed by atoms with Crippen molar-refractivity contribution in [1.82, 2.24) is 0 Å². The van der Waals surface area contributed by atoms with E-state index in [2.05, 4.69) is 13.8 Å². The van der Waals surface area contributed by atoms with Crippen molar-refractivity contribution in [3.05, 3.63) is 0 Å². The maximum atomic E-state index is 12.6. The molecule has 0 spiro atoms. The van der Waals surface area contributed by atoms with Gasteiger partial charge in [-0.15, -0.1) is 0 Å². The third kappa shape index (κ3) is 18.4. The predicted molar refractivity (Wildman–Crippen MR) is 194 cm³/mol. The van der Waals surface area contributed by atoms with Crippen molar-refractivity contribution < 1.29 is 79.2 Å². The lowest BCUT2D eigenvalue weighted by molar-refractivity contribution is -0.346. The lowest BCUT2D eigenvalue weighted by atomic mass is 9.98. The van der Waals surface area contributed by atoms with Crippen LogP contribution in [-0.4, -0.2) is 152 Å². The first-order chi connectivity index (χ1) is 25.9. The summed E-state index contributed by atoms with van der Waals surface area (Å²) in [5.74, 6) is -0.421. The van der Waals surface area contributed by atoms with Crippen LogP contribution in [0.5, 0.6) is 0 Å². The van der Waals surface area contributed by atoms with Crippen molar-refractivity contribution in [3.8, 4) is 0 Å². The van der Waals surface area contributed by atoms with Crippen LogP contribution in [0.15, 0.2) is 0 Å². The van der Waals surface area contributed by atoms with E-state index in [4.69, 9.17) is 28.4 Å². The van der Waals surface area contributed by atoms with Crippen molar-refractivity contribution >= 4 is 5.97 Å². The summed E-state index contributed by atoms with van der Waals surface area (Å²) in [5, 5.41) is 91.7. The largest absolute Gasteiger partial charge is 0.463 e. The van der Waals surface area contributed by atoms with Crippen molar-refractivity contribution in [3.63, 3.8) is 0 Å². The van der Waals surface area contributed by atoms with Gasteiger partial charge in [-0.2, -0.15) is 0 Å². The smallest absolute Gasteiger partial charge is 0.305 e. The minimum absolute atomic E-state index is 0.231. The molecule has 16 heteroatoms. The van der Waals surface area contributed by atoms with Crippen molar-refractivity contribution in [2.75, 3.05) is 19.8 Å². The number of aliphatic hydroxyl groups excluding tert-OH is 8. The highest BCUT2D eigenvalue weighted by Gasteiger charge is 2.49. The van der Waals surface area contributed by atoms with Gasteiger partial charge in [-0.3, -0.25) is 4.79 Å². The van der Waals surface area contributed by atoms with Crippen LogP contribution in [-0.2, 0) is 33.2 Å². The normalized spacial score (nSPS) is 30.1. The van der Waals surface area contributed by atoms with Gasteiger partial charge in [-0.1, -0.05) is 110 Å². The highest BCUT2D eigenvalue weighted by molar-refractivity contribution is 5.69. The van der Waals surface area contributed by atoms with E-state index in [-0.39, 0.29) is 19.6 Å². The van der Waals surface area contributed by atoms with Gasteiger partial charge in [0.15, 0.2) is 25.2 Å². The number of carbonyl (C=O) groups excluding carboxylic acids is 1. The molecule has 2 aliphatic rings. The molecule has 12 atom stereocenters. The Hall–Kier alpha value is -1.09. The van der Waals surface area contributed by atoms with Gasteiger partial charge in [0.25, 0.3) is 0 Å². The highest BCUT2D eigenvalue weighted by atomic mass is 16.7. The van der Waals surface area contributed by atoms with E-state index in [0.29, 0.717) is 12.8 Å². The van der Waals surface area contributed by atoms with E-state index in [1.807, 2.05) is 0 Å². The molecule has 0 aliphatic carbocycles. The van der Waals surface area contributed by atoms with Crippen molar-refractivity contribution in [2.45, 2.75) is 216 Å². The predicted octanol–water partition coefficient (Wildman–Crippen LogP) is 1.64. The van der Waals surface area contributed by atoms with Crippen LogP contribution in [0.3, 0.4) is 0 Å². The average molecular weight is 785 g/mol. The van der Waals surface area contributed by atoms with Gasteiger partial charge in [0.05, 0.1) is 13.2 Å². The number of rotatable bonds is 30. The molecule has 16 nitrogen and oxygen atoms in total. The summed E-state index contributed by atoms with van der Waals surface area (Å²) in [7, 11) is 0. The maximum Gasteiger partial charge on any atom is 0.305 e. The van der Waals surface area contributed by atoms with Crippen molar-refractivity contribution in [1.29, 1.82) is 0 Å². The van der Waals surface area contributed by atoms with Crippen LogP contribution < -0.4 is 0 Å². The van der Waals surface area contributed by atoms with Crippen LogP contribution in [0.2, 0.25) is 0 Å². The molecular weight excluding hydrogens is 712 g/mol. The van der Waals surface area contributed by atoms with E-state index in [1.54, 1.807) is 0 Å². The number of ether oxygens (including phenoxy) is 6. The molecule has 0 saturated carbocycles. The zero-order valence-corrected chi connectivity index (χ0v) is 32.4. The molecule has 0 aromatic rings.